The van der Waals surface area contributed by atoms with Crippen LogP contribution < -0.4 is 21.3 Å². The van der Waals surface area contributed by atoms with E-state index in [1.54, 1.807) is 72.7 Å². The maximum atomic E-state index is 14.5. The highest BCUT2D eigenvalue weighted by Gasteiger charge is 2.44. The number of benzene rings is 3. The molecular formula is C50H65N4O12P. The second-order valence-electron chi connectivity index (χ2n) is 19.2. The van der Waals surface area contributed by atoms with Gasteiger partial charge in [-0.2, -0.15) is 0 Å². The molecule has 3 aromatic rings. The Morgan fingerprint density at radius 2 is 1.45 bits per heavy atom. The van der Waals surface area contributed by atoms with Crippen molar-refractivity contribution in [1.82, 2.24) is 10.6 Å². The summed E-state index contributed by atoms with van der Waals surface area (Å²) in [7, 11) is -4.04. The Morgan fingerprint density at radius 1 is 0.866 bits per heavy atom. The minimum atomic E-state index is -4.04. The van der Waals surface area contributed by atoms with Gasteiger partial charge < -0.3 is 30.6 Å². The Hall–Kier alpha value is -5.67. The molecule has 67 heavy (non-hydrogen) atoms. The fourth-order valence-corrected chi connectivity index (χ4v) is 8.82. The molecule has 0 spiro atoms. The summed E-state index contributed by atoms with van der Waals surface area (Å²) < 4.78 is 41.3. The molecule has 2 aliphatic rings. The van der Waals surface area contributed by atoms with Crippen LogP contribution in [0.2, 0.25) is 0 Å². The summed E-state index contributed by atoms with van der Waals surface area (Å²) >= 11 is 0. The topological polar surface area (TPSA) is 219 Å². The first-order valence-corrected chi connectivity index (χ1v) is 24.2. The first-order chi connectivity index (χ1) is 31.4. The highest BCUT2D eigenvalue weighted by atomic mass is 31.2. The van der Waals surface area contributed by atoms with Crippen molar-refractivity contribution in [3.63, 3.8) is 0 Å². The van der Waals surface area contributed by atoms with E-state index in [9.17, 15) is 33.3 Å². The van der Waals surface area contributed by atoms with Gasteiger partial charge in [0.15, 0.2) is 0 Å². The fourth-order valence-electron chi connectivity index (χ4n) is 7.48. The summed E-state index contributed by atoms with van der Waals surface area (Å²) in [6.45, 7) is 14.5. The smallest absolute Gasteiger partial charge is 0.340 e. The first-order valence-electron chi connectivity index (χ1n) is 22.4. The highest BCUT2D eigenvalue weighted by Crippen LogP contribution is 2.51. The minimum absolute atomic E-state index is 0.0217. The molecule has 362 valence electrons. The second kappa shape index (κ2) is 22.4. The summed E-state index contributed by atoms with van der Waals surface area (Å²) in [6, 6.07) is 17.9. The Bertz CT molecular complexity index is 2330. The third-order valence-corrected chi connectivity index (χ3v) is 13.2. The molecule has 0 aliphatic carbocycles. The van der Waals surface area contributed by atoms with Crippen molar-refractivity contribution in [2.24, 2.45) is 16.6 Å². The van der Waals surface area contributed by atoms with Crippen LogP contribution >= 0.6 is 7.60 Å². The number of hydrogen-bond donors (Lipinski definition) is 3. The molecule has 0 bridgehead atoms. The number of nitrogens with two attached hydrogens (primary N) is 1. The summed E-state index contributed by atoms with van der Waals surface area (Å²) in [5.74, 6) is -3.01. The molecule has 4 amide bonds. The van der Waals surface area contributed by atoms with E-state index in [2.05, 4.69) is 10.6 Å². The molecule has 0 unspecified atom stereocenters. The Labute approximate surface area is 393 Å². The molecule has 0 aromatic heterocycles. The molecule has 4 N–H and O–H groups in total. The Morgan fingerprint density at radius 3 is 2.03 bits per heavy atom. The predicted molar refractivity (Wildman–Crippen MR) is 252 cm³/mol. The normalized spacial score (nSPS) is 17.2. The van der Waals surface area contributed by atoms with Crippen molar-refractivity contribution in [3.8, 4) is 0 Å². The van der Waals surface area contributed by atoms with Crippen LogP contribution in [0, 0.1) is 17.8 Å². The molecule has 0 saturated heterocycles. The van der Waals surface area contributed by atoms with E-state index in [4.69, 9.17) is 29.0 Å². The van der Waals surface area contributed by atoms with E-state index >= 15 is 0 Å². The molecule has 2 aliphatic heterocycles. The molecule has 16 nitrogen and oxygen atoms in total. The lowest BCUT2D eigenvalue weighted by Gasteiger charge is -2.31. The van der Waals surface area contributed by atoms with Crippen molar-refractivity contribution < 1.29 is 56.6 Å². The van der Waals surface area contributed by atoms with Gasteiger partial charge >= 0.3 is 19.5 Å². The molecule has 17 heteroatoms. The number of rotatable bonds is 20. The van der Waals surface area contributed by atoms with Crippen LogP contribution in [-0.2, 0) is 82.2 Å². The summed E-state index contributed by atoms with van der Waals surface area (Å²) in [6.07, 6.45) is 1.93. The largest absolute Gasteiger partial charge is 0.438 e. The second-order valence-corrected chi connectivity index (χ2v) is 21.3. The Kier molecular flexibility index (Phi) is 17.5. The van der Waals surface area contributed by atoms with Crippen molar-refractivity contribution >= 4 is 54.4 Å². The van der Waals surface area contributed by atoms with Crippen molar-refractivity contribution in [1.29, 1.82) is 0 Å². The van der Waals surface area contributed by atoms with Crippen LogP contribution in [0.1, 0.15) is 108 Å². The lowest BCUT2D eigenvalue weighted by Crippen LogP contribution is -2.56. The number of para-hydroxylation sites is 1. The van der Waals surface area contributed by atoms with Crippen LogP contribution in [0.5, 0.6) is 0 Å². The van der Waals surface area contributed by atoms with Crippen molar-refractivity contribution in [2.45, 2.75) is 131 Å². The van der Waals surface area contributed by atoms with Gasteiger partial charge in [-0.05, 0) is 115 Å². The van der Waals surface area contributed by atoms with E-state index in [1.807, 2.05) is 56.3 Å². The maximum absolute atomic E-state index is 14.5. The van der Waals surface area contributed by atoms with Gasteiger partial charge in [-0.15, -0.1) is 0 Å². The molecule has 2 heterocycles. The van der Waals surface area contributed by atoms with Gasteiger partial charge in [0.25, 0.3) is 0 Å². The van der Waals surface area contributed by atoms with Crippen LogP contribution in [0.4, 0.5) is 5.69 Å². The van der Waals surface area contributed by atoms with E-state index in [1.165, 1.54) is 11.0 Å². The van der Waals surface area contributed by atoms with E-state index in [0.29, 0.717) is 41.8 Å². The minimum Gasteiger partial charge on any atom is -0.438 e. The maximum Gasteiger partial charge on any atom is 0.340 e. The molecule has 0 fully saturated rings. The fraction of sp³-hybridized carbons (Fsp3) is 0.480. The number of allylic oxidation sites excluding steroid dienone is 1. The number of aryl methyl sites for hydroxylation is 2. The SMILES string of the molecule is C/C(=C\C(=O)N[C@H]1CCc2cccc3c2N(C1=O)[C@H](C(=O)N[C@@H](CCC(N)=O)[C@@H](C)OCc1ccc(C)cc1)C3)c1ccc(CP(=O)(OCOC(=O)C(C)(C)C)OCOC(=O)C(C)(C)C)cc1. The van der Waals surface area contributed by atoms with Gasteiger partial charge in [-0.1, -0.05) is 72.3 Å². The summed E-state index contributed by atoms with van der Waals surface area (Å²) in [5, 5.41) is 5.95. The van der Waals surface area contributed by atoms with Crippen molar-refractivity contribution in [2.75, 3.05) is 18.5 Å². The monoisotopic (exact) mass is 944 g/mol. The van der Waals surface area contributed by atoms with Crippen LogP contribution in [0.3, 0.4) is 0 Å². The number of ether oxygens (including phenoxy) is 3. The van der Waals surface area contributed by atoms with E-state index < -0.39 is 91.8 Å². The Balaban J connectivity index is 1.26. The lowest BCUT2D eigenvalue weighted by molar-refractivity contribution is -0.162. The number of hydrogen-bond acceptors (Lipinski definition) is 12. The zero-order valence-corrected chi connectivity index (χ0v) is 40.9. The van der Waals surface area contributed by atoms with Crippen molar-refractivity contribution in [3.05, 3.63) is 106 Å². The van der Waals surface area contributed by atoms with Gasteiger partial charge in [-0.25, -0.2) is 0 Å². The number of carbonyl (C=O) groups is 6. The third-order valence-electron chi connectivity index (χ3n) is 11.5. The molecule has 5 rings (SSSR count). The number of anilines is 1. The number of esters is 2. The van der Waals surface area contributed by atoms with E-state index in [-0.39, 0.29) is 25.4 Å². The molecule has 4 atom stereocenters. The zero-order chi connectivity index (χ0) is 49.3. The number of amides is 4. The van der Waals surface area contributed by atoms with E-state index in [0.717, 1.165) is 22.3 Å². The molecule has 0 saturated carbocycles. The summed E-state index contributed by atoms with van der Waals surface area (Å²) in [4.78, 5) is 80.3. The van der Waals surface area contributed by atoms with Gasteiger partial charge in [0, 0.05) is 18.9 Å². The number of primary amides is 1. The zero-order valence-electron chi connectivity index (χ0n) is 40.0. The first kappa shape index (κ1) is 52.3. The van der Waals surface area contributed by atoms with Crippen LogP contribution in [0.15, 0.2) is 72.8 Å². The van der Waals surface area contributed by atoms with Gasteiger partial charge in [0.05, 0.1) is 41.4 Å². The lowest BCUT2D eigenvalue weighted by atomic mass is 9.98. The average Bonchev–Trinajstić information content (AvgIpc) is 3.59. The molecular weight excluding hydrogens is 880 g/mol. The summed E-state index contributed by atoms with van der Waals surface area (Å²) in [5.41, 5.74) is 10.1. The highest BCUT2D eigenvalue weighted by molar-refractivity contribution is 7.53. The third kappa shape index (κ3) is 14.7. The van der Waals surface area contributed by atoms with Crippen LogP contribution in [0.25, 0.3) is 5.57 Å². The van der Waals surface area contributed by atoms with Gasteiger partial charge in [0.1, 0.15) is 12.1 Å². The molecule has 3 aromatic carbocycles. The standard InChI is InChI=1S/C50H65N4O12P/c1-31-13-15-34(16-14-31)27-62-33(3)39(23-24-42(51)55)53-45(57)41-26-38-12-10-11-37-21-22-40(46(58)54(41)44(37)38)52-43(56)25-32(2)36-19-17-35(18-20-36)28-67(61,65-29-63-47(59)49(4,5)6)66-30-64-48(60)50(7,8)9/h10-20,25,33,39-41H,21-24,26-30H2,1-9H3,(H2,51,55)(H,52,56)(H,53,57)/b32-25+/t33-,39+,40+,41+/m1/s1. The van der Waals surface area contributed by atoms with Crippen LogP contribution in [-0.4, -0.2) is 73.4 Å². The quantitative estimate of drug-likeness (QED) is 0.0453. The number of carbonyl (C=O) groups excluding carboxylic acids is 6. The van der Waals surface area contributed by atoms with Gasteiger partial charge in [-0.3, -0.25) is 47.3 Å². The average molecular weight is 945 g/mol. The predicted octanol–water partition coefficient (Wildman–Crippen LogP) is 6.96. The molecule has 0 radical (unpaired) electrons. The number of nitrogens with one attached hydrogen (secondary N) is 2. The van der Waals surface area contributed by atoms with Gasteiger partial charge in [0.2, 0.25) is 37.2 Å². The number of nitrogens with zero attached hydrogens (tertiary/aromatic N) is 1.